The minimum absolute atomic E-state index is 0.146. The van der Waals surface area contributed by atoms with Crippen molar-refractivity contribution in [1.82, 2.24) is 10.5 Å². The molecule has 0 saturated carbocycles. The first-order valence-corrected chi connectivity index (χ1v) is 5.61. The highest BCUT2D eigenvalue weighted by molar-refractivity contribution is 5.94. The second-order valence-electron chi connectivity index (χ2n) is 3.93. The van der Waals surface area contributed by atoms with Crippen molar-refractivity contribution in [2.45, 2.75) is 13.0 Å². The van der Waals surface area contributed by atoms with Crippen LogP contribution in [-0.2, 0) is 0 Å². The first-order valence-electron chi connectivity index (χ1n) is 5.61. The Bertz CT molecular complexity index is 522. The molecule has 0 saturated heterocycles. The number of aromatic nitrogens is 1. The van der Waals surface area contributed by atoms with E-state index in [-0.39, 0.29) is 12.5 Å². The fourth-order valence-corrected chi connectivity index (χ4v) is 1.59. The SMILES string of the molecule is Cc1oncc1C(=O)NCC(O)c1ccccc1. The molecule has 1 amide bonds. The Labute approximate surface area is 104 Å². The van der Waals surface area contributed by atoms with Gasteiger partial charge in [-0.1, -0.05) is 35.5 Å². The maximum atomic E-state index is 11.7. The Morgan fingerprint density at radius 3 is 2.78 bits per heavy atom. The third kappa shape index (κ3) is 2.75. The minimum atomic E-state index is -0.727. The van der Waals surface area contributed by atoms with E-state index >= 15 is 0 Å². The zero-order valence-corrected chi connectivity index (χ0v) is 9.96. The molecule has 1 aromatic heterocycles. The molecule has 5 heteroatoms. The number of benzene rings is 1. The maximum absolute atomic E-state index is 11.7. The molecule has 0 aliphatic heterocycles. The summed E-state index contributed by atoms with van der Waals surface area (Å²) in [7, 11) is 0. The van der Waals surface area contributed by atoms with Crippen molar-refractivity contribution in [3.8, 4) is 0 Å². The molecule has 2 N–H and O–H groups in total. The number of nitrogens with zero attached hydrogens (tertiary/aromatic N) is 1. The predicted molar refractivity (Wildman–Crippen MR) is 65.0 cm³/mol. The second kappa shape index (κ2) is 5.46. The number of rotatable bonds is 4. The predicted octanol–water partition coefficient (Wildman–Crippen LogP) is 1.45. The van der Waals surface area contributed by atoms with Crippen molar-refractivity contribution in [3.05, 3.63) is 53.4 Å². The molecule has 0 spiro atoms. The molecule has 1 aromatic carbocycles. The summed E-state index contributed by atoms with van der Waals surface area (Å²) in [6.45, 7) is 1.81. The second-order valence-corrected chi connectivity index (χ2v) is 3.93. The number of carbonyl (C=O) groups excluding carboxylic acids is 1. The monoisotopic (exact) mass is 246 g/mol. The van der Waals surface area contributed by atoms with E-state index in [0.29, 0.717) is 11.3 Å². The molecule has 5 nitrogen and oxygen atoms in total. The van der Waals surface area contributed by atoms with Crippen LogP contribution in [0.5, 0.6) is 0 Å². The lowest BCUT2D eigenvalue weighted by Gasteiger charge is -2.11. The van der Waals surface area contributed by atoms with Crippen LogP contribution in [0.25, 0.3) is 0 Å². The number of hydrogen-bond acceptors (Lipinski definition) is 4. The normalized spacial score (nSPS) is 12.1. The lowest BCUT2D eigenvalue weighted by Crippen LogP contribution is -2.28. The van der Waals surface area contributed by atoms with Gasteiger partial charge in [0, 0.05) is 6.54 Å². The smallest absolute Gasteiger partial charge is 0.256 e. The van der Waals surface area contributed by atoms with Crippen LogP contribution in [-0.4, -0.2) is 22.7 Å². The highest BCUT2D eigenvalue weighted by Crippen LogP contribution is 2.11. The van der Waals surface area contributed by atoms with Gasteiger partial charge in [0.25, 0.3) is 5.91 Å². The standard InChI is InChI=1S/C13H14N2O3/c1-9-11(7-15-18-9)13(17)14-8-12(16)10-5-3-2-4-6-10/h2-7,12,16H,8H2,1H3,(H,14,17). The summed E-state index contributed by atoms with van der Waals surface area (Å²) in [5.41, 5.74) is 1.15. The fourth-order valence-electron chi connectivity index (χ4n) is 1.59. The zero-order valence-electron chi connectivity index (χ0n) is 9.96. The van der Waals surface area contributed by atoms with Crippen LogP contribution in [0.2, 0.25) is 0 Å². The molecule has 1 atom stereocenters. The van der Waals surface area contributed by atoms with Crippen LogP contribution in [0.1, 0.15) is 27.8 Å². The Morgan fingerprint density at radius 2 is 2.17 bits per heavy atom. The Morgan fingerprint density at radius 1 is 1.44 bits per heavy atom. The van der Waals surface area contributed by atoms with E-state index in [0.717, 1.165) is 5.56 Å². The van der Waals surface area contributed by atoms with Gasteiger partial charge in [-0.2, -0.15) is 0 Å². The van der Waals surface area contributed by atoms with E-state index in [1.807, 2.05) is 30.3 Å². The molecule has 2 rings (SSSR count). The molecular formula is C13H14N2O3. The number of aryl methyl sites for hydroxylation is 1. The molecule has 0 radical (unpaired) electrons. The zero-order chi connectivity index (χ0) is 13.0. The molecule has 1 unspecified atom stereocenters. The van der Waals surface area contributed by atoms with Crippen molar-refractivity contribution in [2.24, 2.45) is 0 Å². The topological polar surface area (TPSA) is 75.4 Å². The van der Waals surface area contributed by atoms with Gasteiger partial charge in [0.05, 0.1) is 12.3 Å². The van der Waals surface area contributed by atoms with Gasteiger partial charge in [0.1, 0.15) is 11.3 Å². The molecular weight excluding hydrogens is 232 g/mol. The van der Waals surface area contributed by atoms with Gasteiger partial charge in [-0.05, 0) is 12.5 Å². The van der Waals surface area contributed by atoms with Crippen molar-refractivity contribution in [3.63, 3.8) is 0 Å². The Kier molecular flexibility index (Phi) is 3.74. The van der Waals surface area contributed by atoms with E-state index < -0.39 is 6.10 Å². The largest absolute Gasteiger partial charge is 0.387 e. The van der Waals surface area contributed by atoms with Gasteiger partial charge in [0.15, 0.2) is 0 Å². The van der Waals surface area contributed by atoms with Crippen LogP contribution >= 0.6 is 0 Å². The van der Waals surface area contributed by atoms with Crippen molar-refractivity contribution < 1.29 is 14.4 Å². The van der Waals surface area contributed by atoms with Gasteiger partial charge in [-0.3, -0.25) is 4.79 Å². The van der Waals surface area contributed by atoms with Gasteiger partial charge in [-0.25, -0.2) is 0 Å². The van der Waals surface area contributed by atoms with E-state index in [1.165, 1.54) is 6.20 Å². The molecule has 2 aromatic rings. The van der Waals surface area contributed by atoms with Crippen molar-refractivity contribution in [1.29, 1.82) is 0 Å². The summed E-state index contributed by atoms with van der Waals surface area (Å²) in [4.78, 5) is 11.7. The number of aliphatic hydroxyl groups excluding tert-OH is 1. The van der Waals surface area contributed by atoms with Crippen LogP contribution in [0.3, 0.4) is 0 Å². The molecule has 0 aliphatic rings. The minimum Gasteiger partial charge on any atom is -0.387 e. The van der Waals surface area contributed by atoms with Crippen LogP contribution in [0.15, 0.2) is 41.1 Å². The van der Waals surface area contributed by atoms with Gasteiger partial charge >= 0.3 is 0 Å². The highest BCUT2D eigenvalue weighted by atomic mass is 16.5. The fraction of sp³-hybridized carbons (Fsp3) is 0.231. The van der Waals surface area contributed by atoms with E-state index in [9.17, 15) is 9.90 Å². The van der Waals surface area contributed by atoms with Crippen LogP contribution in [0, 0.1) is 6.92 Å². The average Bonchev–Trinajstić information content (AvgIpc) is 2.83. The molecule has 94 valence electrons. The quantitative estimate of drug-likeness (QED) is 0.856. The Balaban J connectivity index is 1.93. The summed E-state index contributed by atoms with van der Waals surface area (Å²) in [5, 5.41) is 16.0. The van der Waals surface area contributed by atoms with E-state index in [1.54, 1.807) is 6.92 Å². The lowest BCUT2D eigenvalue weighted by atomic mass is 10.1. The lowest BCUT2D eigenvalue weighted by molar-refractivity contribution is 0.0915. The summed E-state index contributed by atoms with van der Waals surface area (Å²) >= 11 is 0. The first kappa shape index (κ1) is 12.3. The summed E-state index contributed by atoms with van der Waals surface area (Å²) in [6.07, 6.45) is 0.634. The Hall–Kier alpha value is -2.14. The maximum Gasteiger partial charge on any atom is 0.256 e. The molecule has 18 heavy (non-hydrogen) atoms. The summed E-state index contributed by atoms with van der Waals surface area (Å²) in [5.74, 6) is 0.158. The number of hydrogen-bond donors (Lipinski definition) is 2. The molecule has 0 fully saturated rings. The highest BCUT2D eigenvalue weighted by Gasteiger charge is 2.14. The van der Waals surface area contributed by atoms with Crippen molar-refractivity contribution in [2.75, 3.05) is 6.54 Å². The third-order valence-electron chi connectivity index (χ3n) is 2.64. The molecule has 1 heterocycles. The van der Waals surface area contributed by atoms with Crippen molar-refractivity contribution >= 4 is 5.91 Å². The van der Waals surface area contributed by atoms with Gasteiger partial charge < -0.3 is 14.9 Å². The van der Waals surface area contributed by atoms with Gasteiger partial charge in [0.2, 0.25) is 0 Å². The third-order valence-corrected chi connectivity index (χ3v) is 2.64. The number of amides is 1. The summed E-state index contributed by atoms with van der Waals surface area (Å²) < 4.78 is 4.80. The number of nitrogens with one attached hydrogen (secondary N) is 1. The molecule has 0 bridgehead atoms. The average molecular weight is 246 g/mol. The van der Waals surface area contributed by atoms with Crippen LogP contribution < -0.4 is 5.32 Å². The van der Waals surface area contributed by atoms with E-state index in [4.69, 9.17) is 4.52 Å². The van der Waals surface area contributed by atoms with E-state index in [2.05, 4.69) is 10.5 Å². The number of aliphatic hydroxyl groups is 1. The first-order chi connectivity index (χ1) is 8.68. The number of carbonyl (C=O) groups is 1. The van der Waals surface area contributed by atoms with Gasteiger partial charge in [-0.15, -0.1) is 0 Å². The summed E-state index contributed by atoms with van der Waals surface area (Å²) in [6, 6.07) is 9.16. The van der Waals surface area contributed by atoms with Crippen LogP contribution in [0.4, 0.5) is 0 Å². The molecule has 0 aliphatic carbocycles.